The van der Waals surface area contributed by atoms with Crippen LogP contribution in [0.3, 0.4) is 0 Å². The molecule has 0 unspecified atom stereocenters. The fourth-order valence-electron chi connectivity index (χ4n) is 9.74. The summed E-state index contributed by atoms with van der Waals surface area (Å²) < 4.78 is 0. The van der Waals surface area contributed by atoms with Crippen molar-refractivity contribution in [1.29, 1.82) is 0 Å². The van der Waals surface area contributed by atoms with Gasteiger partial charge < -0.3 is 0 Å². The molecule has 3 heteroatoms. The molecule has 0 fully saturated rings. The van der Waals surface area contributed by atoms with E-state index in [2.05, 4.69) is 201 Å². The van der Waals surface area contributed by atoms with Crippen LogP contribution in [0.15, 0.2) is 200 Å². The predicted octanol–water partition coefficient (Wildman–Crippen LogP) is 15.1. The van der Waals surface area contributed by atoms with Crippen molar-refractivity contribution < 1.29 is 0 Å². The molecule has 0 saturated carbocycles. The maximum absolute atomic E-state index is 5.24. The third-order valence-corrected chi connectivity index (χ3v) is 13.0. The normalized spacial score (nSPS) is 12.9. The maximum Gasteiger partial charge on any atom is 0.160 e. The van der Waals surface area contributed by atoms with Crippen LogP contribution in [0.1, 0.15) is 25.0 Å². The highest BCUT2D eigenvalue weighted by Crippen LogP contribution is 2.49. The molecule has 286 valence electrons. The van der Waals surface area contributed by atoms with Crippen LogP contribution >= 0.6 is 0 Å². The predicted molar refractivity (Wildman–Crippen MR) is 254 cm³/mol. The SMILES string of the molecule is CC1(C)c2ccccc2-c2ccc(-c3ccc(-c4nc(-c5ccc(-c6cccnc6)cc5)cc(-c5ccc(-c6ccc7ccc8cccc9ccc6c7c89)cc5)n4)cc3)cc21. The monoisotopic (exact) mass is 777 g/mol. The van der Waals surface area contributed by atoms with Gasteiger partial charge in [-0.05, 0) is 106 Å². The smallest absolute Gasteiger partial charge is 0.160 e. The molecule has 12 rings (SSSR count). The fourth-order valence-corrected chi connectivity index (χ4v) is 9.74. The number of fused-ring (bicyclic) bond motifs is 3. The molecule has 0 amide bonds. The molecule has 11 aromatic rings. The third-order valence-electron chi connectivity index (χ3n) is 13.0. The Morgan fingerprint density at radius 1 is 0.361 bits per heavy atom. The summed E-state index contributed by atoms with van der Waals surface area (Å²) >= 11 is 0. The molecule has 3 nitrogen and oxygen atoms in total. The van der Waals surface area contributed by atoms with Crippen molar-refractivity contribution in [2.45, 2.75) is 19.3 Å². The van der Waals surface area contributed by atoms with Crippen LogP contribution < -0.4 is 0 Å². The summed E-state index contributed by atoms with van der Waals surface area (Å²) in [6, 6.07) is 68.2. The molecule has 2 heterocycles. The Balaban J connectivity index is 0.925. The van der Waals surface area contributed by atoms with Crippen molar-refractivity contribution in [2.75, 3.05) is 0 Å². The maximum atomic E-state index is 5.24. The van der Waals surface area contributed by atoms with Crippen LogP contribution in [0.5, 0.6) is 0 Å². The van der Waals surface area contributed by atoms with Gasteiger partial charge in [-0.1, -0.05) is 184 Å². The summed E-state index contributed by atoms with van der Waals surface area (Å²) in [7, 11) is 0. The molecule has 0 bridgehead atoms. The molecule has 1 aliphatic rings. The first kappa shape index (κ1) is 35.2. The van der Waals surface area contributed by atoms with Crippen LogP contribution in [0.2, 0.25) is 0 Å². The first-order chi connectivity index (χ1) is 30.0. The van der Waals surface area contributed by atoms with Crippen LogP contribution in [-0.2, 0) is 5.41 Å². The largest absolute Gasteiger partial charge is 0.264 e. The van der Waals surface area contributed by atoms with Gasteiger partial charge >= 0.3 is 0 Å². The highest BCUT2D eigenvalue weighted by atomic mass is 14.9. The van der Waals surface area contributed by atoms with Crippen molar-refractivity contribution in [1.82, 2.24) is 15.0 Å². The zero-order chi connectivity index (χ0) is 40.7. The molecule has 0 N–H and O–H groups in total. The van der Waals surface area contributed by atoms with E-state index in [1.54, 1.807) is 6.20 Å². The molecular formula is C58H39N3. The molecule has 2 aromatic heterocycles. The first-order valence-electron chi connectivity index (χ1n) is 21.0. The molecule has 0 aliphatic heterocycles. The minimum absolute atomic E-state index is 0.0527. The minimum atomic E-state index is -0.0527. The van der Waals surface area contributed by atoms with Crippen molar-refractivity contribution >= 4 is 32.3 Å². The molecule has 0 saturated heterocycles. The fraction of sp³-hybridized carbons (Fsp3) is 0.0517. The zero-order valence-corrected chi connectivity index (χ0v) is 33.9. The van der Waals surface area contributed by atoms with E-state index in [4.69, 9.17) is 9.97 Å². The second-order valence-electron chi connectivity index (χ2n) is 16.8. The van der Waals surface area contributed by atoms with Gasteiger partial charge in [-0.3, -0.25) is 4.98 Å². The third kappa shape index (κ3) is 5.77. The van der Waals surface area contributed by atoms with E-state index in [1.165, 1.54) is 76.8 Å². The van der Waals surface area contributed by atoms with Gasteiger partial charge in [-0.2, -0.15) is 0 Å². The Bertz CT molecular complexity index is 3440. The summed E-state index contributed by atoms with van der Waals surface area (Å²) in [5.41, 5.74) is 17.1. The van der Waals surface area contributed by atoms with Crippen molar-refractivity contribution in [3.8, 4) is 78.4 Å². The van der Waals surface area contributed by atoms with Gasteiger partial charge in [-0.25, -0.2) is 9.97 Å². The van der Waals surface area contributed by atoms with Gasteiger partial charge in [0.05, 0.1) is 11.4 Å². The average molecular weight is 778 g/mol. The highest BCUT2D eigenvalue weighted by molar-refractivity contribution is 6.25. The Hall–Kier alpha value is -7.75. The van der Waals surface area contributed by atoms with Gasteiger partial charge in [0.15, 0.2) is 5.82 Å². The number of hydrogen-bond donors (Lipinski definition) is 0. The Labute approximate surface area is 355 Å². The van der Waals surface area contributed by atoms with Crippen molar-refractivity contribution in [3.63, 3.8) is 0 Å². The van der Waals surface area contributed by atoms with Crippen LogP contribution in [0, 0.1) is 0 Å². The van der Waals surface area contributed by atoms with E-state index in [1.807, 2.05) is 12.3 Å². The number of nitrogens with zero attached hydrogens (tertiary/aromatic N) is 3. The standard InChI is InChI=1S/C58H39N3/c1-58(2)51-11-4-3-10-48(51)49-30-28-45(33-52(49)58)36-14-24-44(25-15-36)57-60-53(39-18-12-37(13-19-39)46-9-6-32-59-35-46)34-54(61-57)40-20-16-38(17-21-40)47-29-26-43-23-22-41-7-5-8-42-27-31-50(47)56(43)55(41)42/h3-35H,1-2H3. The number of rotatable bonds is 6. The van der Waals surface area contributed by atoms with E-state index in [0.717, 1.165) is 39.2 Å². The lowest BCUT2D eigenvalue weighted by atomic mass is 9.81. The highest BCUT2D eigenvalue weighted by Gasteiger charge is 2.35. The number of pyridine rings is 1. The van der Waals surface area contributed by atoms with E-state index in [0.29, 0.717) is 5.82 Å². The number of aromatic nitrogens is 3. The second kappa shape index (κ2) is 13.7. The summed E-state index contributed by atoms with van der Waals surface area (Å²) in [5.74, 6) is 0.691. The summed E-state index contributed by atoms with van der Waals surface area (Å²) in [6.07, 6.45) is 3.70. The van der Waals surface area contributed by atoms with Crippen molar-refractivity contribution in [3.05, 3.63) is 212 Å². The number of benzene rings is 9. The lowest BCUT2D eigenvalue weighted by Crippen LogP contribution is -2.14. The topological polar surface area (TPSA) is 38.7 Å². The quantitative estimate of drug-likeness (QED) is 0.158. The molecule has 9 aromatic carbocycles. The summed E-state index contributed by atoms with van der Waals surface area (Å²) in [4.78, 5) is 14.8. The summed E-state index contributed by atoms with van der Waals surface area (Å²) in [5, 5.41) is 7.75. The van der Waals surface area contributed by atoms with Gasteiger partial charge in [-0.15, -0.1) is 0 Å². The van der Waals surface area contributed by atoms with E-state index >= 15 is 0 Å². The van der Waals surface area contributed by atoms with E-state index in [-0.39, 0.29) is 5.41 Å². The minimum Gasteiger partial charge on any atom is -0.264 e. The number of hydrogen-bond acceptors (Lipinski definition) is 3. The average Bonchev–Trinajstić information content (AvgIpc) is 3.56. The van der Waals surface area contributed by atoms with Gasteiger partial charge in [0.2, 0.25) is 0 Å². The molecule has 0 spiro atoms. The Kier molecular flexibility index (Phi) is 7.88. The Morgan fingerprint density at radius 2 is 0.918 bits per heavy atom. The lowest BCUT2D eigenvalue weighted by Gasteiger charge is -2.22. The first-order valence-corrected chi connectivity index (χ1v) is 21.0. The molecule has 0 atom stereocenters. The van der Waals surface area contributed by atoms with Crippen LogP contribution in [0.4, 0.5) is 0 Å². The van der Waals surface area contributed by atoms with E-state index < -0.39 is 0 Å². The molecule has 0 radical (unpaired) electrons. The van der Waals surface area contributed by atoms with Crippen LogP contribution in [-0.4, -0.2) is 15.0 Å². The molecular weight excluding hydrogens is 739 g/mol. The lowest BCUT2D eigenvalue weighted by molar-refractivity contribution is 0.660. The Morgan fingerprint density at radius 3 is 1.62 bits per heavy atom. The second-order valence-corrected chi connectivity index (χ2v) is 16.8. The van der Waals surface area contributed by atoms with Gasteiger partial charge in [0, 0.05) is 34.5 Å². The van der Waals surface area contributed by atoms with E-state index in [9.17, 15) is 0 Å². The zero-order valence-electron chi connectivity index (χ0n) is 33.9. The van der Waals surface area contributed by atoms with Gasteiger partial charge in [0.1, 0.15) is 0 Å². The molecule has 61 heavy (non-hydrogen) atoms. The molecule has 1 aliphatic carbocycles. The van der Waals surface area contributed by atoms with Crippen molar-refractivity contribution in [2.24, 2.45) is 0 Å². The van der Waals surface area contributed by atoms with Gasteiger partial charge in [0.25, 0.3) is 0 Å². The summed E-state index contributed by atoms with van der Waals surface area (Å²) in [6.45, 7) is 4.67. The van der Waals surface area contributed by atoms with Crippen LogP contribution in [0.25, 0.3) is 111 Å².